The number of carbonyl (C=O) groups is 3. The van der Waals surface area contributed by atoms with Gasteiger partial charge in [-0.25, -0.2) is 14.4 Å². The summed E-state index contributed by atoms with van der Waals surface area (Å²) >= 11 is 6.12. The van der Waals surface area contributed by atoms with Crippen LogP contribution in [0.1, 0.15) is 16.1 Å². The zero-order valence-corrected chi connectivity index (χ0v) is 17.1. The summed E-state index contributed by atoms with van der Waals surface area (Å²) in [5.74, 6) is -0.492. The number of hydrogen-bond acceptors (Lipinski definition) is 5. The molecule has 2 heterocycles. The van der Waals surface area contributed by atoms with Crippen LogP contribution in [-0.2, 0) is 11.3 Å². The van der Waals surface area contributed by atoms with Crippen molar-refractivity contribution in [1.29, 1.82) is 0 Å². The molecule has 1 aliphatic heterocycles. The van der Waals surface area contributed by atoms with Gasteiger partial charge in [0, 0.05) is 43.1 Å². The molecule has 0 spiro atoms. The molecule has 10 heteroatoms. The minimum atomic E-state index is -0.997. The van der Waals surface area contributed by atoms with Crippen LogP contribution >= 0.6 is 11.6 Å². The molecule has 30 heavy (non-hydrogen) atoms. The first kappa shape index (κ1) is 21.4. The zero-order chi connectivity index (χ0) is 21.7. The van der Waals surface area contributed by atoms with Gasteiger partial charge in [0.05, 0.1) is 24.9 Å². The van der Waals surface area contributed by atoms with E-state index in [2.05, 4.69) is 9.72 Å². The van der Waals surface area contributed by atoms with Gasteiger partial charge >= 0.3 is 18.1 Å². The van der Waals surface area contributed by atoms with Crippen molar-refractivity contribution < 1.29 is 24.2 Å². The lowest BCUT2D eigenvalue weighted by Crippen LogP contribution is -2.53. The number of nitrogens with zero attached hydrogens (tertiary/aromatic N) is 4. The van der Waals surface area contributed by atoms with Gasteiger partial charge in [0.2, 0.25) is 0 Å². The van der Waals surface area contributed by atoms with Crippen LogP contribution in [0, 0.1) is 0 Å². The Hall–Kier alpha value is -3.33. The molecule has 0 bridgehead atoms. The fourth-order valence-corrected chi connectivity index (χ4v) is 3.28. The van der Waals surface area contributed by atoms with Crippen LogP contribution in [0.4, 0.5) is 15.3 Å². The average molecular weight is 433 g/mol. The molecule has 1 saturated heterocycles. The molecule has 0 atom stereocenters. The Morgan fingerprint density at radius 1 is 1.13 bits per heavy atom. The minimum absolute atomic E-state index is 0.153. The summed E-state index contributed by atoms with van der Waals surface area (Å²) in [7, 11) is 1.29. The first-order valence-corrected chi connectivity index (χ1v) is 9.60. The molecule has 1 fully saturated rings. The van der Waals surface area contributed by atoms with Crippen LogP contribution in [0.3, 0.4) is 0 Å². The molecule has 1 aromatic heterocycles. The van der Waals surface area contributed by atoms with Gasteiger partial charge < -0.3 is 19.6 Å². The van der Waals surface area contributed by atoms with Crippen molar-refractivity contribution in [2.24, 2.45) is 0 Å². The maximum Gasteiger partial charge on any atom is 0.407 e. The third kappa shape index (κ3) is 4.98. The number of pyridine rings is 1. The molecule has 158 valence electrons. The van der Waals surface area contributed by atoms with E-state index in [1.807, 2.05) is 0 Å². The maximum absolute atomic E-state index is 13.3. The molecule has 1 aromatic carbocycles. The highest BCUT2D eigenvalue weighted by molar-refractivity contribution is 6.30. The summed E-state index contributed by atoms with van der Waals surface area (Å²) < 4.78 is 4.67. The molecule has 0 saturated carbocycles. The number of ether oxygens (including phenoxy) is 1. The number of carbonyl (C=O) groups excluding carboxylic acids is 2. The average Bonchev–Trinajstić information content (AvgIpc) is 2.77. The van der Waals surface area contributed by atoms with Crippen molar-refractivity contribution in [2.45, 2.75) is 6.54 Å². The second-order valence-corrected chi connectivity index (χ2v) is 7.07. The number of anilines is 1. The van der Waals surface area contributed by atoms with Gasteiger partial charge in [0.1, 0.15) is 0 Å². The van der Waals surface area contributed by atoms with E-state index in [-0.39, 0.29) is 38.8 Å². The van der Waals surface area contributed by atoms with E-state index >= 15 is 0 Å². The first-order chi connectivity index (χ1) is 14.4. The second-order valence-electron chi connectivity index (χ2n) is 6.64. The lowest BCUT2D eigenvalue weighted by atomic mass is 10.2. The van der Waals surface area contributed by atoms with Crippen molar-refractivity contribution in [3.63, 3.8) is 0 Å². The lowest BCUT2D eigenvalue weighted by Gasteiger charge is -2.36. The van der Waals surface area contributed by atoms with Gasteiger partial charge in [-0.1, -0.05) is 17.7 Å². The number of urea groups is 1. The number of rotatable bonds is 4. The van der Waals surface area contributed by atoms with Crippen LogP contribution in [-0.4, -0.2) is 71.3 Å². The first-order valence-electron chi connectivity index (χ1n) is 9.22. The quantitative estimate of drug-likeness (QED) is 0.745. The molecule has 3 rings (SSSR count). The largest absolute Gasteiger partial charge is 0.465 e. The lowest BCUT2D eigenvalue weighted by molar-refractivity contribution is 0.0600. The van der Waals surface area contributed by atoms with Crippen molar-refractivity contribution >= 4 is 35.4 Å². The molecule has 0 radical (unpaired) electrons. The Morgan fingerprint density at radius 2 is 1.83 bits per heavy atom. The third-order valence-corrected chi connectivity index (χ3v) is 4.97. The number of esters is 1. The van der Waals surface area contributed by atoms with Gasteiger partial charge in [-0.15, -0.1) is 0 Å². The number of benzene rings is 1. The number of piperazine rings is 1. The maximum atomic E-state index is 13.3. The summed E-state index contributed by atoms with van der Waals surface area (Å²) in [6.45, 7) is 1.22. The number of aromatic nitrogens is 1. The highest BCUT2D eigenvalue weighted by Gasteiger charge is 2.28. The van der Waals surface area contributed by atoms with Crippen molar-refractivity contribution in [3.05, 3.63) is 58.9 Å². The summed E-state index contributed by atoms with van der Waals surface area (Å²) in [6.07, 6.45) is 0.400. The topological polar surface area (TPSA) is 103 Å². The van der Waals surface area contributed by atoms with E-state index < -0.39 is 12.1 Å². The van der Waals surface area contributed by atoms with E-state index in [1.54, 1.807) is 41.3 Å². The standard InChI is InChI=1S/C20H21ClN4O5/c1-30-18(26)14-5-6-16(22-12-14)13-25(17-4-2-3-15(21)11-17)19(27)23-7-9-24(10-8-23)20(28)29/h2-6,11-12H,7-10,13H2,1H3,(H,28,29). The Bertz CT molecular complexity index is 929. The van der Waals surface area contributed by atoms with Crippen LogP contribution in [0.25, 0.3) is 0 Å². The van der Waals surface area contributed by atoms with Crippen molar-refractivity contribution in [3.8, 4) is 0 Å². The summed E-state index contributed by atoms with van der Waals surface area (Å²) in [5, 5.41) is 9.59. The number of amides is 3. The number of carboxylic acid groups (broad SMARTS) is 1. The van der Waals surface area contributed by atoms with E-state index in [4.69, 9.17) is 16.7 Å². The summed E-state index contributed by atoms with van der Waals surface area (Å²) in [4.78, 5) is 44.6. The number of halogens is 1. The van der Waals surface area contributed by atoms with Crippen LogP contribution in [0.15, 0.2) is 42.6 Å². The second kappa shape index (κ2) is 9.45. The van der Waals surface area contributed by atoms with E-state index in [0.29, 0.717) is 22.0 Å². The molecule has 1 N–H and O–H groups in total. The molecular formula is C20H21ClN4O5. The number of hydrogen-bond donors (Lipinski definition) is 1. The highest BCUT2D eigenvalue weighted by Crippen LogP contribution is 2.23. The van der Waals surface area contributed by atoms with Gasteiger partial charge in [-0.05, 0) is 30.3 Å². The fraction of sp³-hybridized carbons (Fsp3) is 0.300. The minimum Gasteiger partial charge on any atom is -0.465 e. The SMILES string of the molecule is COC(=O)c1ccc(CN(C(=O)N2CCN(C(=O)O)CC2)c2cccc(Cl)c2)nc1. The zero-order valence-electron chi connectivity index (χ0n) is 16.3. The van der Waals surface area contributed by atoms with Crippen LogP contribution in [0.2, 0.25) is 5.02 Å². The molecule has 0 aliphatic carbocycles. The van der Waals surface area contributed by atoms with Gasteiger partial charge in [-0.3, -0.25) is 9.88 Å². The van der Waals surface area contributed by atoms with Gasteiger partial charge in [-0.2, -0.15) is 0 Å². The highest BCUT2D eigenvalue weighted by atomic mass is 35.5. The molecule has 1 aliphatic rings. The van der Waals surface area contributed by atoms with Gasteiger partial charge in [0.25, 0.3) is 0 Å². The fourth-order valence-electron chi connectivity index (χ4n) is 3.09. The Balaban J connectivity index is 1.81. The monoisotopic (exact) mass is 432 g/mol. The molecule has 0 unspecified atom stereocenters. The molecule has 2 aromatic rings. The Labute approximate surface area is 178 Å². The summed E-state index contributed by atoms with van der Waals surface area (Å²) in [6, 6.07) is 9.85. The van der Waals surface area contributed by atoms with Crippen LogP contribution < -0.4 is 4.90 Å². The molecule has 3 amide bonds. The Morgan fingerprint density at radius 3 is 2.40 bits per heavy atom. The van der Waals surface area contributed by atoms with Crippen LogP contribution in [0.5, 0.6) is 0 Å². The summed E-state index contributed by atoms with van der Waals surface area (Å²) in [5.41, 5.74) is 1.47. The third-order valence-electron chi connectivity index (χ3n) is 4.74. The molecule has 9 nitrogen and oxygen atoms in total. The van der Waals surface area contributed by atoms with E-state index in [0.717, 1.165) is 0 Å². The normalized spacial score (nSPS) is 13.7. The molecular weight excluding hydrogens is 412 g/mol. The predicted octanol–water partition coefficient (Wildman–Crippen LogP) is 2.94. The van der Waals surface area contributed by atoms with E-state index in [9.17, 15) is 14.4 Å². The predicted molar refractivity (Wildman–Crippen MR) is 110 cm³/mol. The smallest absolute Gasteiger partial charge is 0.407 e. The number of methoxy groups -OCH3 is 1. The van der Waals surface area contributed by atoms with Crippen molar-refractivity contribution in [2.75, 3.05) is 38.2 Å². The van der Waals surface area contributed by atoms with Crippen molar-refractivity contribution in [1.82, 2.24) is 14.8 Å². The Kier molecular flexibility index (Phi) is 6.73. The van der Waals surface area contributed by atoms with E-state index in [1.165, 1.54) is 23.1 Å². The van der Waals surface area contributed by atoms with Gasteiger partial charge in [0.15, 0.2) is 0 Å².